The molecule has 0 bridgehead atoms. The van der Waals surface area contributed by atoms with Gasteiger partial charge in [-0.05, 0) is 81.0 Å². The molecule has 2 aromatic rings. The molecular weight excluding hydrogens is 460 g/mol. The zero-order valence-corrected chi connectivity index (χ0v) is 22.0. The van der Waals surface area contributed by atoms with Crippen LogP contribution in [0.4, 0.5) is 0 Å². The number of azide groups is 1. The van der Waals surface area contributed by atoms with Gasteiger partial charge in [0, 0.05) is 4.91 Å². The van der Waals surface area contributed by atoms with Crippen LogP contribution in [0.1, 0.15) is 43.0 Å². The topological polar surface area (TPSA) is 123 Å². The van der Waals surface area contributed by atoms with Crippen molar-refractivity contribution < 1.29 is 23.8 Å². The summed E-state index contributed by atoms with van der Waals surface area (Å²) in [7, 11) is 1.52. The van der Waals surface area contributed by atoms with E-state index < -0.39 is 5.41 Å². The van der Waals surface area contributed by atoms with E-state index in [0.717, 1.165) is 16.7 Å². The monoisotopic (exact) mass is 496 g/mol. The maximum absolute atomic E-state index is 12.9. The van der Waals surface area contributed by atoms with Crippen molar-refractivity contribution in [2.24, 2.45) is 10.5 Å². The number of nitrogens with zero attached hydrogens (tertiary/aromatic N) is 3. The van der Waals surface area contributed by atoms with Crippen LogP contribution < -0.4 is 14.8 Å². The van der Waals surface area contributed by atoms with Gasteiger partial charge >= 0.3 is 5.97 Å². The van der Waals surface area contributed by atoms with Crippen LogP contribution in [-0.2, 0) is 27.2 Å². The van der Waals surface area contributed by atoms with Crippen LogP contribution in [0.5, 0.6) is 11.5 Å². The van der Waals surface area contributed by atoms with Crippen LogP contribution in [0.25, 0.3) is 10.4 Å². The van der Waals surface area contributed by atoms with Gasteiger partial charge in [0.05, 0.1) is 38.1 Å². The van der Waals surface area contributed by atoms with E-state index >= 15 is 0 Å². The minimum atomic E-state index is -0.629. The number of nitrogens with one attached hydrogen (secondary N) is 1. The molecule has 0 heterocycles. The Balaban J connectivity index is 2.09. The van der Waals surface area contributed by atoms with Crippen molar-refractivity contribution >= 4 is 11.9 Å². The molecule has 1 N–H and O–H groups in total. The first kappa shape index (κ1) is 28.5. The van der Waals surface area contributed by atoms with Gasteiger partial charge in [-0.3, -0.25) is 9.59 Å². The van der Waals surface area contributed by atoms with Crippen LogP contribution in [0.2, 0.25) is 0 Å². The Morgan fingerprint density at radius 3 is 2.42 bits per heavy atom. The minimum Gasteiger partial charge on any atom is -0.493 e. The fourth-order valence-corrected chi connectivity index (χ4v) is 3.41. The van der Waals surface area contributed by atoms with Crippen molar-refractivity contribution in [3.05, 3.63) is 69.1 Å². The average molecular weight is 497 g/mol. The Bertz CT molecular complexity index is 1100. The van der Waals surface area contributed by atoms with Gasteiger partial charge in [-0.25, -0.2) is 0 Å². The zero-order valence-electron chi connectivity index (χ0n) is 22.0. The van der Waals surface area contributed by atoms with Crippen molar-refractivity contribution in [1.82, 2.24) is 5.32 Å². The number of rotatable bonds is 12. The second-order valence-corrected chi connectivity index (χ2v) is 9.70. The predicted octanol–water partition coefficient (Wildman–Crippen LogP) is 4.86. The maximum atomic E-state index is 12.9. The second kappa shape index (κ2) is 13.4. The molecule has 1 atom stereocenters. The number of amides is 1. The van der Waals surface area contributed by atoms with Gasteiger partial charge in [-0.1, -0.05) is 29.4 Å². The molecule has 9 nitrogen and oxygen atoms in total. The summed E-state index contributed by atoms with van der Waals surface area (Å²) in [6, 6.07) is 11.0. The standard InChI is InChI=1S/C27H36N4O5/c1-18-7-8-20(13-19(18)2)14-22(17-36-26(33)27(3,4)5)30-25(32)16-21-9-10-23(24(15-21)34-6)35-12-11-29-31-28/h7-10,13,15,22H,11-12,14,16-17H2,1-6H3,(H,30,32). The lowest BCUT2D eigenvalue weighted by atomic mass is 9.97. The number of methoxy groups -OCH3 is 1. The van der Waals surface area contributed by atoms with Crippen molar-refractivity contribution in [3.63, 3.8) is 0 Å². The molecule has 0 saturated heterocycles. The van der Waals surface area contributed by atoms with Gasteiger partial charge in [0.2, 0.25) is 5.91 Å². The fourth-order valence-electron chi connectivity index (χ4n) is 3.41. The molecule has 194 valence electrons. The van der Waals surface area contributed by atoms with Gasteiger partial charge in [0.25, 0.3) is 0 Å². The molecule has 9 heteroatoms. The minimum absolute atomic E-state index is 0.0794. The van der Waals surface area contributed by atoms with Gasteiger partial charge in [-0.2, -0.15) is 0 Å². The summed E-state index contributed by atoms with van der Waals surface area (Å²) in [5.41, 5.74) is 11.9. The number of benzene rings is 2. The van der Waals surface area contributed by atoms with Gasteiger partial charge in [-0.15, -0.1) is 0 Å². The van der Waals surface area contributed by atoms with Crippen LogP contribution in [0, 0.1) is 19.3 Å². The van der Waals surface area contributed by atoms with E-state index in [9.17, 15) is 9.59 Å². The van der Waals surface area contributed by atoms with E-state index in [1.165, 1.54) is 12.7 Å². The third-order valence-corrected chi connectivity index (χ3v) is 5.55. The molecule has 36 heavy (non-hydrogen) atoms. The van der Waals surface area contributed by atoms with Gasteiger partial charge < -0.3 is 19.5 Å². The predicted molar refractivity (Wildman–Crippen MR) is 138 cm³/mol. The third kappa shape index (κ3) is 9.15. The lowest BCUT2D eigenvalue weighted by Crippen LogP contribution is -2.42. The van der Waals surface area contributed by atoms with Crippen molar-refractivity contribution in [2.45, 2.75) is 53.5 Å². The second-order valence-electron chi connectivity index (χ2n) is 9.70. The van der Waals surface area contributed by atoms with E-state index in [2.05, 4.69) is 21.4 Å². The highest BCUT2D eigenvalue weighted by molar-refractivity contribution is 5.79. The van der Waals surface area contributed by atoms with Crippen LogP contribution in [0.15, 0.2) is 41.5 Å². The Morgan fingerprint density at radius 1 is 1.06 bits per heavy atom. The van der Waals surface area contributed by atoms with E-state index in [-0.39, 0.29) is 44.1 Å². The first-order chi connectivity index (χ1) is 17.0. The number of hydrogen-bond acceptors (Lipinski definition) is 6. The Morgan fingerprint density at radius 2 is 1.78 bits per heavy atom. The van der Waals surface area contributed by atoms with Gasteiger partial charge in [0.15, 0.2) is 11.5 Å². The fraction of sp³-hybridized carbons (Fsp3) is 0.481. The summed E-state index contributed by atoms with van der Waals surface area (Å²) in [4.78, 5) is 28.0. The highest BCUT2D eigenvalue weighted by atomic mass is 16.5. The largest absolute Gasteiger partial charge is 0.493 e. The summed E-state index contributed by atoms with van der Waals surface area (Å²) in [5, 5.41) is 6.46. The third-order valence-electron chi connectivity index (χ3n) is 5.55. The molecule has 0 fully saturated rings. The van der Waals surface area contributed by atoms with Crippen molar-refractivity contribution in [2.75, 3.05) is 26.9 Å². The summed E-state index contributed by atoms with van der Waals surface area (Å²) in [6.45, 7) is 9.98. The molecule has 0 spiro atoms. The highest BCUT2D eigenvalue weighted by Crippen LogP contribution is 2.28. The molecule has 1 amide bonds. The summed E-state index contributed by atoms with van der Waals surface area (Å²) in [6.07, 6.45) is 0.650. The van der Waals surface area contributed by atoms with E-state index in [0.29, 0.717) is 17.9 Å². The smallest absolute Gasteiger partial charge is 0.311 e. The lowest BCUT2D eigenvalue weighted by molar-refractivity contribution is -0.154. The molecular formula is C27H36N4O5. The SMILES string of the molecule is COc1cc(CC(=O)NC(COC(=O)C(C)(C)C)Cc2ccc(C)c(C)c2)ccc1OCCN=[N+]=[N-]. The summed E-state index contributed by atoms with van der Waals surface area (Å²) < 4.78 is 16.5. The molecule has 0 aliphatic carbocycles. The Hall–Kier alpha value is -3.71. The maximum Gasteiger partial charge on any atom is 0.311 e. The molecule has 2 aromatic carbocycles. The molecule has 0 aliphatic heterocycles. The molecule has 0 radical (unpaired) electrons. The number of esters is 1. The first-order valence-electron chi connectivity index (χ1n) is 11.9. The number of hydrogen-bond donors (Lipinski definition) is 1. The number of ether oxygens (including phenoxy) is 3. The molecule has 2 rings (SSSR count). The van der Waals surface area contributed by atoms with Crippen molar-refractivity contribution in [3.8, 4) is 11.5 Å². The van der Waals surface area contributed by atoms with Crippen molar-refractivity contribution in [1.29, 1.82) is 0 Å². The Kier molecular flexibility index (Phi) is 10.6. The van der Waals surface area contributed by atoms with E-state index in [1.807, 2.05) is 26.0 Å². The normalized spacial score (nSPS) is 11.7. The summed E-state index contributed by atoms with van der Waals surface area (Å²) in [5.74, 6) is 0.459. The van der Waals surface area contributed by atoms with Crippen LogP contribution in [-0.4, -0.2) is 44.8 Å². The van der Waals surface area contributed by atoms with Crippen LogP contribution in [0.3, 0.4) is 0 Å². The van der Waals surface area contributed by atoms with E-state index in [1.54, 1.807) is 39.0 Å². The quantitative estimate of drug-likeness (QED) is 0.148. The molecule has 0 saturated carbocycles. The number of carbonyl (C=O) groups is 2. The van der Waals surface area contributed by atoms with Crippen LogP contribution >= 0.6 is 0 Å². The summed E-state index contributed by atoms with van der Waals surface area (Å²) >= 11 is 0. The average Bonchev–Trinajstić information content (AvgIpc) is 2.82. The van der Waals surface area contributed by atoms with E-state index in [4.69, 9.17) is 19.7 Å². The molecule has 0 aromatic heterocycles. The first-order valence-corrected chi connectivity index (χ1v) is 11.9. The number of aryl methyl sites for hydroxylation is 2. The molecule has 1 unspecified atom stereocenters. The lowest BCUT2D eigenvalue weighted by Gasteiger charge is -2.23. The molecule has 0 aliphatic rings. The Labute approximate surface area is 212 Å². The highest BCUT2D eigenvalue weighted by Gasteiger charge is 2.25. The van der Waals surface area contributed by atoms with Gasteiger partial charge in [0.1, 0.15) is 6.61 Å². The number of carbonyl (C=O) groups excluding carboxylic acids is 2. The zero-order chi connectivity index (χ0) is 26.7.